The number of likely N-dealkylation sites (N-methyl/N-ethyl adjacent to an activating group) is 1. The molecule has 1 fully saturated rings. The Bertz CT molecular complexity index is 959. The van der Waals surface area contributed by atoms with Crippen molar-refractivity contribution in [2.75, 3.05) is 49.6 Å². The first-order valence-electron chi connectivity index (χ1n) is 11.1. The van der Waals surface area contributed by atoms with Gasteiger partial charge in [-0.2, -0.15) is 0 Å². The van der Waals surface area contributed by atoms with Crippen molar-refractivity contribution in [3.63, 3.8) is 0 Å². The number of piperidine rings is 1. The third-order valence-corrected chi connectivity index (χ3v) is 8.15. The molecule has 2 aromatic rings. The van der Waals surface area contributed by atoms with E-state index in [9.17, 15) is 4.79 Å². The lowest BCUT2D eigenvalue weighted by Gasteiger charge is -2.46. The van der Waals surface area contributed by atoms with Gasteiger partial charge in [0.1, 0.15) is 0 Å². The van der Waals surface area contributed by atoms with Gasteiger partial charge in [0.25, 0.3) is 0 Å². The largest absolute Gasteiger partial charge is 0.371 e. The van der Waals surface area contributed by atoms with Crippen molar-refractivity contribution < 1.29 is 4.79 Å². The third-order valence-electron chi connectivity index (χ3n) is 7.43. The molecular formula is C25H30IN3O. The molecule has 2 atom stereocenters. The van der Waals surface area contributed by atoms with Gasteiger partial charge in [-0.05, 0) is 65.7 Å². The summed E-state index contributed by atoms with van der Waals surface area (Å²) in [6, 6.07) is 15.4. The Hall–Kier alpha value is -1.60. The molecule has 4 nitrogen and oxygen atoms in total. The van der Waals surface area contributed by atoms with E-state index in [2.05, 4.69) is 69.5 Å². The molecule has 3 aliphatic heterocycles. The standard InChI is InChI=1S/C25H30IN3O/c1-25-17-28(13-4-7-22(30)18-8-10-19(26)11-9-18)14-12-23(25)29-16-15-27(2)21-6-3-5-20(25)24(21)29/h3,5-6,8-11,23H,4,7,12-17H2,1-2H3/t23-,25-/m0/s1. The number of anilines is 2. The number of carbonyl (C=O) groups excluding carboxylic acids is 1. The number of hydrogen-bond acceptors (Lipinski definition) is 4. The van der Waals surface area contributed by atoms with E-state index in [1.807, 2.05) is 24.3 Å². The van der Waals surface area contributed by atoms with E-state index in [4.69, 9.17) is 0 Å². The lowest BCUT2D eigenvalue weighted by molar-refractivity contribution is 0.0963. The second kappa shape index (κ2) is 7.83. The van der Waals surface area contributed by atoms with Gasteiger partial charge >= 0.3 is 0 Å². The molecule has 0 spiro atoms. The Morgan fingerprint density at radius 1 is 1.13 bits per heavy atom. The van der Waals surface area contributed by atoms with Crippen LogP contribution in [-0.4, -0.2) is 56.5 Å². The number of benzene rings is 2. The van der Waals surface area contributed by atoms with Crippen LogP contribution in [0.25, 0.3) is 0 Å². The monoisotopic (exact) mass is 515 g/mol. The second-order valence-electron chi connectivity index (χ2n) is 9.32. The fourth-order valence-corrected chi connectivity index (χ4v) is 6.23. The summed E-state index contributed by atoms with van der Waals surface area (Å²) in [5, 5.41) is 0. The van der Waals surface area contributed by atoms with Gasteiger partial charge in [-0.3, -0.25) is 4.79 Å². The zero-order valence-electron chi connectivity index (χ0n) is 17.9. The molecule has 5 rings (SSSR count). The molecule has 0 N–H and O–H groups in total. The van der Waals surface area contributed by atoms with Gasteiger partial charge in [0.05, 0.1) is 11.4 Å². The number of para-hydroxylation sites is 1. The molecule has 30 heavy (non-hydrogen) atoms. The molecule has 0 amide bonds. The van der Waals surface area contributed by atoms with Crippen molar-refractivity contribution in [3.8, 4) is 0 Å². The molecule has 0 unspecified atom stereocenters. The van der Waals surface area contributed by atoms with Crippen LogP contribution in [0.15, 0.2) is 42.5 Å². The van der Waals surface area contributed by atoms with Crippen molar-refractivity contribution in [1.82, 2.24) is 4.90 Å². The van der Waals surface area contributed by atoms with E-state index in [0.29, 0.717) is 12.5 Å². The number of ketones is 1. The van der Waals surface area contributed by atoms with Crippen LogP contribution in [0, 0.1) is 3.57 Å². The van der Waals surface area contributed by atoms with Crippen molar-refractivity contribution in [2.45, 2.75) is 37.6 Å². The SMILES string of the molecule is CN1CCN2c3c1cccc3[C@]1(C)CN(CCCC(=O)c3ccc(I)cc3)CC[C@H]21. The Balaban J connectivity index is 1.26. The van der Waals surface area contributed by atoms with Crippen LogP contribution in [-0.2, 0) is 5.41 Å². The molecule has 2 aromatic carbocycles. The van der Waals surface area contributed by atoms with Crippen LogP contribution in [0.4, 0.5) is 11.4 Å². The third kappa shape index (κ3) is 3.34. The quantitative estimate of drug-likeness (QED) is 0.431. The van der Waals surface area contributed by atoms with Gasteiger partial charge in [-0.1, -0.05) is 31.2 Å². The first-order chi connectivity index (χ1) is 14.5. The Morgan fingerprint density at radius 3 is 2.73 bits per heavy atom. The highest BCUT2D eigenvalue weighted by atomic mass is 127. The second-order valence-corrected chi connectivity index (χ2v) is 10.6. The fourth-order valence-electron chi connectivity index (χ4n) is 5.87. The van der Waals surface area contributed by atoms with E-state index in [-0.39, 0.29) is 11.2 Å². The number of likely N-dealkylation sites (tertiary alicyclic amines) is 1. The molecule has 0 saturated carbocycles. The van der Waals surface area contributed by atoms with Gasteiger partial charge in [0, 0.05) is 60.2 Å². The summed E-state index contributed by atoms with van der Waals surface area (Å²) in [7, 11) is 2.22. The predicted molar refractivity (Wildman–Crippen MR) is 132 cm³/mol. The van der Waals surface area contributed by atoms with E-state index >= 15 is 0 Å². The van der Waals surface area contributed by atoms with Crippen LogP contribution in [0.5, 0.6) is 0 Å². The van der Waals surface area contributed by atoms with Crippen molar-refractivity contribution in [3.05, 3.63) is 57.2 Å². The van der Waals surface area contributed by atoms with Crippen molar-refractivity contribution in [2.24, 2.45) is 0 Å². The topological polar surface area (TPSA) is 26.8 Å². The molecule has 0 aromatic heterocycles. The molecule has 1 saturated heterocycles. The predicted octanol–water partition coefficient (Wildman–Crippen LogP) is 4.56. The molecule has 3 heterocycles. The van der Waals surface area contributed by atoms with Gasteiger partial charge in [0.15, 0.2) is 5.78 Å². The minimum atomic E-state index is 0.175. The maximum atomic E-state index is 12.5. The summed E-state index contributed by atoms with van der Waals surface area (Å²) in [5.74, 6) is 0.267. The summed E-state index contributed by atoms with van der Waals surface area (Å²) >= 11 is 2.28. The van der Waals surface area contributed by atoms with Gasteiger partial charge in [-0.25, -0.2) is 0 Å². The van der Waals surface area contributed by atoms with Crippen molar-refractivity contribution in [1.29, 1.82) is 0 Å². The zero-order chi connectivity index (χ0) is 20.9. The molecule has 0 radical (unpaired) electrons. The smallest absolute Gasteiger partial charge is 0.162 e. The maximum absolute atomic E-state index is 12.5. The minimum absolute atomic E-state index is 0.175. The van der Waals surface area contributed by atoms with E-state index in [0.717, 1.165) is 44.7 Å². The highest BCUT2D eigenvalue weighted by Crippen LogP contribution is 2.53. The number of halogens is 1. The average molecular weight is 515 g/mol. The van der Waals surface area contributed by atoms with Crippen LogP contribution in [0.3, 0.4) is 0 Å². The molecular weight excluding hydrogens is 485 g/mol. The molecule has 0 bridgehead atoms. The van der Waals surface area contributed by atoms with Crippen LogP contribution < -0.4 is 9.80 Å². The number of nitrogens with zero attached hydrogens (tertiary/aromatic N) is 3. The zero-order valence-corrected chi connectivity index (χ0v) is 20.1. The first kappa shape index (κ1) is 20.3. The van der Waals surface area contributed by atoms with E-state index < -0.39 is 0 Å². The highest BCUT2D eigenvalue weighted by molar-refractivity contribution is 14.1. The maximum Gasteiger partial charge on any atom is 0.162 e. The Kier molecular flexibility index (Phi) is 5.30. The molecule has 5 heteroatoms. The number of Topliss-reactive ketones (excluding diaryl/α,β-unsaturated/α-hetero) is 1. The van der Waals surface area contributed by atoms with Crippen molar-refractivity contribution >= 4 is 39.7 Å². The number of carbonyl (C=O) groups is 1. The molecule has 3 aliphatic rings. The number of rotatable bonds is 5. The van der Waals surface area contributed by atoms with Crippen LogP contribution in [0.2, 0.25) is 0 Å². The molecule has 158 valence electrons. The summed E-state index contributed by atoms with van der Waals surface area (Å²) < 4.78 is 1.17. The fraction of sp³-hybridized carbons (Fsp3) is 0.480. The van der Waals surface area contributed by atoms with Gasteiger partial charge < -0.3 is 14.7 Å². The molecule has 0 aliphatic carbocycles. The normalized spacial score (nSPS) is 25.2. The lowest BCUT2D eigenvalue weighted by atomic mass is 9.74. The lowest BCUT2D eigenvalue weighted by Crippen LogP contribution is -2.56. The van der Waals surface area contributed by atoms with Gasteiger partial charge in [0.2, 0.25) is 0 Å². The highest BCUT2D eigenvalue weighted by Gasteiger charge is 2.52. The Labute approximate surface area is 193 Å². The Morgan fingerprint density at radius 2 is 1.93 bits per heavy atom. The number of hydrogen-bond donors (Lipinski definition) is 0. The minimum Gasteiger partial charge on any atom is -0.371 e. The summed E-state index contributed by atoms with van der Waals surface area (Å²) in [4.78, 5) is 20.2. The summed E-state index contributed by atoms with van der Waals surface area (Å²) in [5.41, 5.74) is 5.42. The number of fused-ring (bicyclic) bond motifs is 3. The van der Waals surface area contributed by atoms with E-state index in [1.165, 1.54) is 26.9 Å². The van der Waals surface area contributed by atoms with Gasteiger partial charge in [-0.15, -0.1) is 0 Å². The average Bonchev–Trinajstić information content (AvgIpc) is 3.00. The first-order valence-corrected chi connectivity index (χ1v) is 12.2. The van der Waals surface area contributed by atoms with Crippen LogP contribution >= 0.6 is 22.6 Å². The van der Waals surface area contributed by atoms with E-state index in [1.54, 1.807) is 0 Å². The summed E-state index contributed by atoms with van der Waals surface area (Å²) in [6.45, 7) is 7.93. The van der Waals surface area contributed by atoms with Crippen LogP contribution in [0.1, 0.15) is 42.1 Å². The summed E-state index contributed by atoms with van der Waals surface area (Å²) in [6.07, 6.45) is 2.78.